The van der Waals surface area contributed by atoms with Gasteiger partial charge in [0.15, 0.2) is 0 Å². The zero-order valence-corrected chi connectivity index (χ0v) is 10.8. The first-order chi connectivity index (χ1) is 8.79. The third-order valence-electron chi connectivity index (χ3n) is 2.50. The number of phenolic OH excluding ortho intramolecular Hbond substituents is 1. The van der Waals surface area contributed by atoms with E-state index in [1.807, 2.05) is 0 Å². The van der Waals surface area contributed by atoms with Gasteiger partial charge < -0.3 is 5.11 Å². The fourth-order valence-electron chi connectivity index (χ4n) is 1.67. The molecule has 6 heteroatoms. The van der Waals surface area contributed by atoms with Gasteiger partial charge in [-0.3, -0.25) is 0 Å². The Bertz CT molecular complexity index is 601. The molecule has 0 aliphatic heterocycles. The third-order valence-corrected chi connectivity index (χ3v) is 3.10. The second-order valence-electron chi connectivity index (χ2n) is 3.86. The van der Waals surface area contributed by atoms with Gasteiger partial charge >= 0.3 is 6.18 Å². The molecule has 0 saturated heterocycles. The molecule has 0 bridgehead atoms. The molecule has 0 atom stereocenters. The number of halogens is 5. The number of hydrogen-bond donors (Lipinski definition) is 1. The minimum absolute atomic E-state index is 0.0236. The SMILES string of the molecule is Oc1cccc(-c2c(Cl)cc(C(F)(F)F)cc2Cl)c1. The van der Waals surface area contributed by atoms with Gasteiger partial charge in [-0.1, -0.05) is 35.3 Å². The maximum absolute atomic E-state index is 12.6. The number of alkyl halides is 3. The van der Waals surface area contributed by atoms with Crippen molar-refractivity contribution in [1.82, 2.24) is 0 Å². The molecule has 2 rings (SSSR count). The van der Waals surface area contributed by atoms with Crippen LogP contribution >= 0.6 is 23.2 Å². The first kappa shape index (κ1) is 14.0. The van der Waals surface area contributed by atoms with E-state index in [2.05, 4.69) is 0 Å². The average molecular weight is 307 g/mol. The lowest BCUT2D eigenvalue weighted by atomic mass is 10.0. The Morgan fingerprint density at radius 1 is 0.947 bits per heavy atom. The number of phenols is 1. The fraction of sp³-hybridized carbons (Fsp3) is 0.0769. The van der Waals surface area contributed by atoms with Crippen molar-refractivity contribution in [1.29, 1.82) is 0 Å². The molecule has 1 nitrogen and oxygen atoms in total. The van der Waals surface area contributed by atoms with E-state index in [0.717, 1.165) is 12.1 Å². The smallest absolute Gasteiger partial charge is 0.416 e. The number of hydrogen-bond acceptors (Lipinski definition) is 1. The van der Waals surface area contributed by atoms with E-state index in [0.29, 0.717) is 5.56 Å². The number of benzene rings is 2. The Balaban J connectivity index is 2.60. The molecule has 0 fully saturated rings. The van der Waals surface area contributed by atoms with E-state index < -0.39 is 11.7 Å². The minimum atomic E-state index is -4.51. The highest BCUT2D eigenvalue weighted by molar-refractivity contribution is 6.39. The second kappa shape index (κ2) is 4.94. The molecule has 0 radical (unpaired) electrons. The van der Waals surface area contributed by atoms with Crippen LogP contribution in [0.25, 0.3) is 11.1 Å². The van der Waals surface area contributed by atoms with Crippen molar-refractivity contribution in [3.05, 3.63) is 52.0 Å². The predicted octanol–water partition coefficient (Wildman–Crippen LogP) is 5.38. The largest absolute Gasteiger partial charge is 0.508 e. The summed E-state index contributed by atoms with van der Waals surface area (Å²) in [6, 6.07) is 7.59. The molecule has 19 heavy (non-hydrogen) atoms. The third kappa shape index (κ3) is 2.96. The van der Waals surface area contributed by atoms with Gasteiger partial charge in [0.25, 0.3) is 0 Å². The summed E-state index contributed by atoms with van der Waals surface area (Å²) in [6.07, 6.45) is -4.51. The summed E-state index contributed by atoms with van der Waals surface area (Å²) in [6.45, 7) is 0. The van der Waals surface area contributed by atoms with Crippen LogP contribution in [0.3, 0.4) is 0 Å². The highest BCUT2D eigenvalue weighted by Gasteiger charge is 2.32. The molecule has 0 amide bonds. The highest BCUT2D eigenvalue weighted by atomic mass is 35.5. The fourth-order valence-corrected chi connectivity index (χ4v) is 2.38. The zero-order valence-electron chi connectivity index (χ0n) is 9.30. The summed E-state index contributed by atoms with van der Waals surface area (Å²) in [5.41, 5.74) is -0.206. The van der Waals surface area contributed by atoms with Crippen LogP contribution in [0.1, 0.15) is 5.56 Å². The van der Waals surface area contributed by atoms with Crippen LogP contribution in [-0.2, 0) is 6.18 Å². The van der Waals surface area contributed by atoms with Crippen LogP contribution in [0.2, 0.25) is 10.0 Å². The topological polar surface area (TPSA) is 20.2 Å². The lowest BCUT2D eigenvalue weighted by Crippen LogP contribution is -2.05. The van der Waals surface area contributed by atoms with Gasteiger partial charge in [0, 0.05) is 5.56 Å². The van der Waals surface area contributed by atoms with Gasteiger partial charge in [0.05, 0.1) is 15.6 Å². The molecule has 0 aliphatic carbocycles. The van der Waals surface area contributed by atoms with E-state index in [1.54, 1.807) is 12.1 Å². The Labute approximate surface area is 117 Å². The van der Waals surface area contributed by atoms with Crippen LogP contribution in [-0.4, -0.2) is 5.11 Å². The second-order valence-corrected chi connectivity index (χ2v) is 4.68. The molecule has 100 valence electrons. The summed E-state index contributed by atoms with van der Waals surface area (Å²) in [5.74, 6) is -0.0236. The van der Waals surface area contributed by atoms with Crippen molar-refractivity contribution in [3.8, 4) is 16.9 Å². The minimum Gasteiger partial charge on any atom is -0.508 e. The molecule has 0 aliphatic rings. The zero-order chi connectivity index (χ0) is 14.2. The summed E-state index contributed by atoms with van der Waals surface area (Å²) in [4.78, 5) is 0. The van der Waals surface area contributed by atoms with Crippen molar-refractivity contribution < 1.29 is 18.3 Å². The van der Waals surface area contributed by atoms with E-state index >= 15 is 0 Å². The van der Waals surface area contributed by atoms with Crippen LogP contribution in [0, 0.1) is 0 Å². The lowest BCUT2D eigenvalue weighted by molar-refractivity contribution is -0.137. The summed E-state index contributed by atoms with van der Waals surface area (Å²) >= 11 is 11.7. The monoisotopic (exact) mass is 306 g/mol. The summed E-state index contributed by atoms with van der Waals surface area (Å²) in [7, 11) is 0. The Hall–Kier alpha value is -1.39. The Morgan fingerprint density at radius 3 is 2.00 bits per heavy atom. The van der Waals surface area contributed by atoms with Crippen molar-refractivity contribution in [3.63, 3.8) is 0 Å². The van der Waals surface area contributed by atoms with Crippen LogP contribution in [0.5, 0.6) is 5.75 Å². The maximum Gasteiger partial charge on any atom is 0.416 e. The quantitative estimate of drug-likeness (QED) is 0.749. The number of rotatable bonds is 1. The molecule has 2 aromatic carbocycles. The Morgan fingerprint density at radius 2 is 1.53 bits per heavy atom. The van der Waals surface area contributed by atoms with Gasteiger partial charge in [-0.25, -0.2) is 0 Å². The summed E-state index contributed by atoms with van der Waals surface area (Å²) in [5, 5.41) is 9.13. The van der Waals surface area contributed by atoms with Crippen molar-refractivity contribution in [2.75, 3.05) is 0 Å². The molecule has 2 aromatic rings. The summed E-state index contributed by atoms with van der Waals surface area (Å²) < 4.78 is 37.8. The van der Waals surface area contributed by atoms with Gasteiger partial charge in [-0.15, -0.1) is 0 Å². The van der Waals surface area contributed by atoms with Gasteiger partial charge in [0.2, 0.25) is 0 Å². The van der Waals surface area contributed by atoms with Crippen LogP contribution in [0.4, 0.5) is 13.2 Å². The standard InChI is InChI=1S/C13H7Cl2F3O/c14-10-5-8(13(16,17)18)6-11(15)12(10)7-2-1-3-9(19)4-7/h1-6,19H. The normalized spacial score (nSPS) is 11.6. The van der Waals surface area contributed by atoms with Gasteiger partial charge in [0.1, 0.15) is 5.75 Å². The predicted molar refractivity (Wildman–Crippen MR) is 68.6 cm³/mol. The molecule has 0 spiro atoms. The first-order valence-corrected chi connectivity index (χ1v) is 5.90. The molecule has 0 saturated carbocycles. The molecular weight excluding hydrogens is 300 g/mol. The van der Waals surface area contributed by atoms with Crippen LogP contribution in [0.15, 0.2) is 36.4 Å². The molecule has 1 N–H and O–H groups in total. The van der Waals surface area contributed by atoms with Gasteiger partial charge in [-0.05, 0) is 29.8 Å². The van der Waals surface area contributed by atoms with Crippen LogP contribution < -0.4 is 0 Å². The van der Waals surface area contributed by atoms with Crippen molar-refractivity contribution >= 4 is 23.2 Å². The van der Waals surface area contributed by atoms with Crippen molar-refractivity contribution in [2.24, 2.45) is 0 Å². The molecule has 0 unspecified atom stereocenters. The maximum atomic E-state index is 12.6. The van der Waals surface area contributed by atoms with E-state index in [4.69, 9.17) is 23.2 Å². The van der Waals surface area contributed by atoms with E-state index in [9.17, 15) is 18.3 Å². The molecule has 0 aromatic heterocycles. The lowest BCUT2D eigenvalue weighted by Gasteiger charge is -2.12. The highest BCUT2D eigenvalue weighted by Crippen LogP contribution is 2.40. The molecular formula is C13H7Cl2F3O. The number of aromatic hydroxyl groups is 1. The Kier molecular flexibility index (Phi) is 3.65. The first-order valence-electron chi connectivity index (χ1n) is 5.14. The van der Waals surface area contributed by atoms with Gasteiger partial charge in [-0.2, -0.15) is 13.2 Å². The van der Waals surface area contributed by atoms with Crippen molar-refractivity contribution in [2.45, 2.75) is 6.18 Å². The van der Waals surface area contributed by atoms with E-state index in [-0.39, 0.29) is 21.4 Å². The molecule has 0 heterocycles. The van der Waals surface area contributed by atoms with E-state index in [1.165, 1.54) is 12.1 Å². The average Bonchev–Trinajstić information content (AvgIpc) is 2.26.